The van der Waals surface area contributed by atoms with E-state index in [0.717, 1.165) is 43.5 Å². The van der Waals surface area contributed by atoms with E-state index in [1.54, 1.807) is 6.20 Å². The number of aromatic amines is 1. The smallest absolute Gasteiger partial charge is 0.257 e. The molecule has 1 saturated heterocycles. The lowest BCUT2D eigenvalue weighted by Gasteiger charge is -2.33. The SMILES string of the molecule is Cc1[nH]ncc1C(=O)N1CCC[C@@H](CNC(=O)C2(c3ccc(Cl)cc3)CC2)C1. The molecule has 1 atom stereocenters. The summed E-state index contributed by atoms with van der Waals surface area (Å²) in [7, 11) is 0. The van der Waals surface area contributed by atoms with E-state index in [1.165, 1.54) is 0 Å². The quantitative estimate of drug-likeness (QED) is 0.809. The Balaban J connectivity index is 1.34. The maximum atomic E-state index is 12.9. The molecule has 4 rings (SSSR count). The summed E-state index contributed by atoms with van der Waals surface area (Å²) in [6, 6.07) is 7.58. The molecule has 2 aliphatic rings. The highest BCUT2D eigenvalue weighted by Gasteiger charge is 2.51. The summed E-state index contributed by atoms with van der Waals surface area (Å²) < 4.78 is 0. The Morgan fingerprint density at radius 3 is 2.71 bits per heavy atom. The van der Waals surface area contributed by atoms with Gasteiger partial charge < -0.3 is 10.2 Å². The monoisotopic (exact) mass is 400 g/mol. The molecule has 0 bridgehead atoms. The second-order valence-corrected chi connectivity index (χ2v) is 8.40. The summed E-state index contributed by atoms with van der Waals surface area (Å²) in [5, 5.41) is 10.6. The third-order valence-electron chi connectivity index (χ3n) is 6.00. The van der Waals surface area contributed by atoms with E-state index in [1.807, 2.05) is 36.1 Å². The number of amides is 2. The zero-order chi connectivity index (χ0) is 19.7. The molecule has 0 spiro atoms. The van der Waals surface area contributed by atoms with Crippen LogP contribution in [0.15, 0.2) is 30.5 Å². The Kier molecular flexibility index (Phi) is 5.15. The molecule has 7 heteroatoms. The molecule has 28 heavy (non-hydrogen) atoms. The molecule has 0 unspecified atom stereocenters. The average Bonchev–Trinajstić information content (AvgIpc) is 3.41. The molecule has 0 radical (unpaired) electrons. The van der Waals surface area contributed by atoms with Crippen molar-refractivity contribution in [2.75, 3.05) is 19.6 Å². The molecule has 2 amide bonds. The lowest BCUT2D eigenvalue weighted by Crippen LogP contribution is -2.45. The first-order valence-corrected chi connectivity index (χ1v) is 10.2. The van der Waals surface area contributed by atoms with Crippen LogP contribution < -0.4 is 5.32 Å². The molecule has 148 valence electrons. The van der Waals surface area contributed by atoms with Crippen LogP contribution in [0, 0.1) is 12.8 Å². The van der Waals surface area contributed by atoms with Crippen LogP contribution in [-0.2, 0) is 10.2 Å². The number of aromatic nitrogens is 2. The summed E-state index contributed by atoms with van der Waals surface area (Å²) in [4.78, 5) is 27.5. The van der Waals surface area contributed by atoms with E-state index in [2.05, 4.69) is 15.5 Å². The van der Waals surface area contributed by atoms with E-state index in [0.29, 0.717) is 23.7 Å². The van der Waals surface area contributed by atoms with Crippen molar-refractivity contribution >= 4 is 23.4 Å². The second-order valence-electron chi connectivity index (χ2n) is 7.97. The van der Waals surface area contributed by atoms with Gasteiger partial charge in [-0.2, -0.15) is 5.10 Å². The van der Waals surface area contributed by atoms with Gasteiger partial charge >= 0.3 is 0 Å². The van der Waals surface area contributed by atoms with Gasteiger partial charge in [-0.15, -0.1) is 0 Å². The summed E-state index contributed by atoms with van der Waals surface area (Å²) in [6.07, 6.45) is 5.30. The minimum atomic E-state index is -0.400. The van der Waals surface area contributed by atoms with E-state index < -0.39 is 5.41 Å². The van der Waals surface area contributed by atoms with Crippen molar-refractivity contribution in [1.29, 1.82) is 0 Å². The first kappa shape index (κ1) is 19.0. The summed E-state index contributed by atoms with van der Waals surface area (Å²) in [5.74, 6) is 0.376. The van der Waals surface area contributed by atoms with Crippen molar-refractivity contribution in [3.63, 3.8) is 0 Å². The molecule has 1 aliphatic heterocycles. The van der Waals surface area contributed by atoms with E-state index >= 15 is 0 Å². The van der Waals surface area contributed by atoms with Crippen molar-refractivity contribution in [3.05, 3.63) is 52.3 Å². The summed E-state index contributed by atoms with van der Waals surface area (Å²) in [6.45, 7) is 3.87. The fourth-order valence-corrected chi connectivity index (χ4v) is 4.23. The van der Waals surface area contributed by atoms with E-state index in [4.69, 9.17) is 11.6 Å². The third-order valence-corrected chi connectivity index (χ3v) is 6.25. The van der Waals surface area contributed by atoms with Gasteiger partial charge in [-0.25, -0.2) is 0 Å². The first-order chi connectivity index (χ1) is 13.5. The molecule has 1 aliphatic carbocycles. The van der Waals surface area contributed by atoms with Gasteiger partial charge in [-0.3, -0.25) is 14.7 Å². The van der Waals surface area contributed by atoms with E-state index in [9.17, 15) is 9.59 Å². The third kappa shape index (κ3) is 3.65. The molecule has 2 heterocycles. The number of rotatable bonds is 5. The Bertz CT molecular complexity index is 873. The Labute approximate surface area is 169 Å². The highest BCUT2D eigenvalue weighted by molar-refractivity contribution is 6.30. The largest absolute Gasteiger partial charge is 0.355 e. The van der Waals surface area contributed by atoms with Gasteiger partial charge in [0.05, 0.1) is 17.2 Å². The van der Waals surface area contributed by atoms with Crippen molar-refractivity contribution in [2.45, 2.75) is 38.0 Å². The summed E-state index contributed by atoms with van der Waals surface area (Å²) >= 11 is 5.97. The Morgan fingerprint density at radius 2 is 2.07 bits per heavy atom. The Morgan fingerprint density at radius 1 is 1.32 bits per heavy atom. The first-order valence-electron chi connectivity index (χ1n) is 9.83. The van der Waals surface area contributed by atoms with Crippen molar-refractivity contribution in [3.8, 4) is 0 Å². The minimum absolute atomic E-state index is 0.0158. The van der Waals surface area contributed by atoms with Crippen LogP contribution in [-0.4, -0.2) is 46.5 Å². The number of aryl methyl sites for hydroxylation is 1. The van der Waals surface area contributed by atoms with Gasteiger partial charge in [0.25, 0.3) is 5.91 Å². The number of benzene rings is 1. The molecular formula is C21H25ClN4O2. The van der Waals surface area contributed by atoms with Gasteiger partial charge in [-0.05, 0) is 56.2 Å². The number of likely N-dealkylation sites (tertiary alicyclic amines) is 1. The van der Waals surface area contributed by atoms with Gasteiger partial charge in [0.1, 0.15) is 0 Å². The number of piperidine rings is 1. The highest BCUT2D eigenvalue weighted by Crippen LogP contribution is 2.48. The number of hydrogen-bond donors (Lipinski definition) is 2. The minimum Gasteiger partial charge on any atom is -0.355 e. The van der Waals surface area contributed by atoms with Crippen molar-refractivity contribution in [2.24, 2.45) is 5.92 Å². The zero-order valence-electron chi connectivity index (χ0n) is 16.0. The number of carbonyl (C=O) groups excluding carboxylic acids is 2. The molecular weight excluding hydrogens is 376 g/mol. The lowest BCUT2D eigenvalue weighted by atomic mass is 9.93. The number of nitrogens with zero attached hydrogens (tertiary/aromatic N) is 2. The number of H-pyrrole nitrogens is 1. The lowest BCUT2D eigenvalue weighted by molar-refractivity contribution is -0.123. The topological polar surface area (TPSA) is 78.1 Å². The fourth-order valence-electron chi connectivity index (χ4n) is 4.10. The van der Waals surface area contributed by atoms with Gasteiger partial charge in [0.2, 0.25) is 5.91 Å². The molecule has 2 N–H and O–H groups in total. The van der Waals surface area contributed by atoms with Crippen molar-refractivity contribution < 1.29 is 9.59 Å². The van der Waals surface area contributed by atoms with E-state index in [-0.39, 0.29) is 17.7 Å². The predicted molar refractivity (Wildman–Crippen MR) is 107 cm³/mol. The van der Waals surface area contributed by atoms with Gasteiger partial charge in [0, 0.05) is 30.4 Å². The van der Waals surface area contributed by atoms with Crippen LogP contribution in [0.5, 0.6) is 0 Å². The summed E-state index contributed by atoms with van der Waals surface area (Å²) in [5.41, 5.74) is 2.05. The predicted octanol–water partition coefficient (Wildman–Crippen LogP) is 3.07. The standard InChI is InChI=1S/C21H25ClN4O2/c1-14-18(12-24-25-14)19(27)26-10-2-3-15(13-26)11-23-20(28)21(8-9-21)16-4-6-17(22)7-5-16/h4-7,12,15H,2-3,8-11,13H2,1H3,(H,23,28)(H,24,25)/t15-/m0/s1. The van der Waals surface area contributed by atoms with Gasteiger partial charge in [-0.1, -0.05) is 23.7 Å². The molecule has 1 aromatic heterocycles. The average molecular weight is 401 g/mol. The molecule has 2 fully saturated rings. The zero-order valence-corrected chi connectivity index (χ0v) is 16.8. The van der Waals surface area contributed by atoms with Crippen LogP contribution in [0.3, 0.4) is 0 Å². The molecule has 1 saturated carbocycles. The number of carbonyl (C=O) groups is 2. The van der Waals surface area contributed by atoms with Crippen LogP contribution >= 0.6 is 11.6 Å². The number of hydrogen-bond acceptors (Lipinski definition) is 3. The second kappa shape index (κ2) is 7.59. The van der Waals surface area contributed by atoms with Crippen LogP contribution in [0.25, 0.3) is 0 Å². The number of halogens is 1. The van der Waals surface area contributed by atoms with Crippen molar-refractivity contribution in [1.82, 2.24) is 20.4 Å². The number of nitrogens with one attached hydrogen (secondary N) is 2. The van der Waals surface area contributed by atoms with Gasteiger partial charge in [0.15, 0.2) is 0 Å². The van der Waals surface area contributed by atoms with Crippen LogP contribution in [0.4, 0.5) is 0 Å². The normalized spacial score (nSPS) is 20.6. The fraction of sp³-hybridized carbons (Fsp3) is 0.476. The molecule has 1 aromatic carbocycles. The maximum absolute atomic E-state index is 12.9. The van der Waals surface area contributed by atoms with Crippen LogP contribution in [0.2, 0.25) is 5.02 Å². The van der Waals surface area contributed by atoms with Crippen LogP contribution in [0.1, 0.15) is 47.3 Å². The Hall–Kier alpha value is -2.34. The molecule has 2 aromatic rings. The highest BCUT2D eigenvalue weighted by atomic mass is 35.5. The maximum Gasteiger partial charge on any atom is 0.257 e. The molecule has 6 nitrogen and oxygen atoms in total.